The third-order valence-corrected chi connectivity index (χ3v) is 9.72. The second-order valence-electron chi connectivity index (χ2n) is 13.8. The maximum atomic E-state index is 13.6. The molecule has 0 aromatic heterocycles. The monoisotopic (exact) mass is 698 g/mol. The van der Waals surface area contributed by atoms with Gasteiger partial charge in [0.2, 0.25) is 0 Å². The highest BCUT2D eigenvalue weighted by molar-refractivity contribution is 6.33. The molecule has 0 saturated heterocycles. The van der Waals surface area contributed by atoms with Crippen molar-refractivity contribution in [2.45, 2.75) is 142 Å². The zero-order chi connectivity index (χ0) is 37.0. The lowest BCUT2D eigenvalue weighted by molar-refractivity contribution is 0.0586. The predicted octanol–water partition coefficient (Wildman–Crippen LogP) is 9.89. The normalized spacial score (nSPS) is 12.8. The lowest BCUT2D eigenvalue weighted by atomic mass is 9.86. The number of nitrogens with zero attached hydrogens (tertiary/aromatic N) is 2. The Hall–Kier alpha value is -4.78. The molecule has 2 aliphatic heterocycles. The molecule has 0 radical (unpaired) electrons. The van der Waals surface area contributed by atoms with E-state index in [0.29, 0.717) is 58.7 Å². The highest BCUT2D eigenvalue weighted by Crippen LogP contribution is 2.38. The summed E-state index contributed by atoms with van der Waals surface area (Å²) in [4.78, 5) is 56.8. The molecule has 4 rings (SSSR count). The number of hydrogen-bond donors (Lipinski definition) is 0. The van der Waals surface area contributed by atoms with E-state index in [1.54, 1.807) is 24.3 Å². The quantitative estimate of drug-likeness (QED) is 0.0784. The van der Waals surface area contributed by atoms with Crippen LogP contribution in [-0.2, 0) is 0 Å². The first-order chi connectivity index (χ1) is 25.5. The molecule has 0 atom stereocenters. The lowest BCUT2D eigenvalue weighted by Gasteiger charge is -2.32. The van der Waals surface area contributed by atoms with Gasteiger partial charge in [-0.3, -0.25) is 29.0 Å². The molecule has 6 nitrogen and oxygen atoms in total. The number of hydrogen-bond acceptors (Lipinski definition) is 4. The van der Waals surface area contributed by atoms with Crippen LogP contribution in [0.4, 0.5) is 0 Å². The summed E-state index contributed by atoms with van der Waals surface area (Å²) in [6.07, 6.45) is 20.7. The SMILES string of the molecule is CCCCCCCCC#CC#CCCCCN1C(=O)c2ccc3c4c(ccc(c24)C1=O)C(=O)N(CCCCC#CC#CCCCCCCCC)C3=O. The number of carbonyl (C=O) groups is 4. The van der Waals surface area contributed by atoms with E-state index in [9.17, 15) is 19.2 Å². The minimum atomic E-state index is -0.400. The molecule has 0 fully saturated rings. The second-order valence-corrected chi connectivity index (χ2v) is 13.8. The first kappa shape index (κ1) is 40.0. The fourth-order valence-corrected chi connectivity index (χ4v) is 6.76. The van der Waals surface area contributed by atoms with Crippen LogP contribution in [0.5, 0.6) is 0 Å². The molecule has 272 valence electrons. The van der Waals surface area contributed by atoms with Crippen molar-refractivity contribution in [3.05, 3.63) is 46.5 Å². The average Bonchev–Trinajstić information content (AvgIpc) is 3.15. The molecule has 52 heavy (non-hydrogen) atoms. The Labute approximate surface area is 311 Å². The van der Waals surface area contributed by atoms with E-state index >= 15 is 0 Å². The topological polar surface area (TPSA) is 74.8 Å². The molecule has 0 unspecified atom stereocenters. The molecule has 2 aromatic carbocycles. The summed E-state index contributed by atoms with van der Waals surface area (Å²) in [5, 5.41) is 0.807. The molecule has 0 aliphatic carbocycles. The minimum absolute atomic E-state index is 0.273. The third kappa shape index (κ3) is 11.1. The van der Waals surface area contributed by atoms with Gasteiger partial charge in [0.25, 0.3) is 23.6 Å². The van der Waals surface area contributed by atoms with Crippen molar-refractivity contribution >= 4 is 34.4 Å². The van der Waals surface area contributed by atoms with Crippen LogP contribution >= 0.6 is 0 Å². The Morgan fingerprint density at radius 3 is 0.962 bits per heavy atom. The summed E-state index contributed by atoms with van der Waals surface area (Å²) < 4.78 is 0. The van der Waals surface area contributed by atoms with Crippen molar-refractivity contribution < 1.29 is 19.2 Å². The summed E-state index contributed by atoms with van der Waals surface area (Å²) in [6, 6.07) is 6.49. The zero-order valence-corrected chi connectivity index (χ0v) is 31.4. The molecular weight excluding hydrogens is 645 g/mol. The van der Waals surface area contributed by atoms with Gasteiger partial charge in [-0.05, 0) is 86.5 Å². The summed E-state index contributed by atoms with van der Waals surface area (Å²) in [7, 11) is 0. The van der Waals surface area contributed by atoms with Gasteiger partial charge >= 0.3 is 0 Å². The highest BCUT2D eigenvalue weighted by Gasteiger charge is 2.39. The van der Waals surface area contributed by atoms with Crippen molar-refractivity contribution in [1.82, 2.24) is 9.80 Å². The Balaban J connectivity index is 1.25. The molecule has 6 heteroatoms. The Bertz CT molecular complexity index is 1640. The molecule has 0 spiro atoms. The van der Waals surface area contributed by atoms with Gasteiger partial charge in [-0.15, -0.1) is 0 Å². The van der Waals surface area contributed by atoms with Gasteiger partial charge in [-0.2, -0.15) is 0 Å². The van der Waals surface area contributed by atoms with Crippen molar-refractivity contribution in [2.75, 3.05) is 13.1 Å². The fraction of sp³-hybridized carbons (Fsp3) is 0.522. The predicted molar refractivity (Wildman–Crippen MR) is 209 cm³/mol. The first-order valence-electron chi connectivity index (χ1n) is 19.7. The van der Waals surface area contributed by atoms with Gasteiger partial charge < -0.3 is 0 Å². The zero-order valence-electron chi connectivity index (χ0n) is 31.4. The number of amides is 4. The molecule has 0 bridgehead atoms. The first-order valence-corrected chi connectivity index (χ1v) is 19.7. The fourth-order valence-electron chi connectivity index (χ4n) is 6.76. The summed E-state index contributed by atoms with van der Waals surface area (Å²) in [5.74, 6) is 22.5. The van der Waals surface area contributed by atoms with Gasteiger partial charge in [0.1, 0.15) is 0 Å². The summed E-state index contributed by atoms with van der Waals surface area (Å²) in [6.45, 7) is 4.99. The van der Waals surface area contributed by atoms with Crippen LogP contribution in [0.3, 0.4) is 0 Å². The van der Waals surface area contributed by atoms with Crippen LogP contribution in [0.1, 0.15) is 184 Å². The van der Waals surface area contributed by atoms with E-state index in [4.69, 9.17) is 0 Å². The number of benzene rings is 2. The Morgan fingerprint density at radius 1 is 0.385 bits per heavy atom. The van der Waals surface area contributed by atoms with Gasteiger partial charge in [-0.25, -0.2) is 0 Å². The van der Waals surface area contributed by atoms with E-state index in [-0.39, 0.29) is 13.1 Å². The highest BCUT2D eigenvalue weighted by atomic mass is 16.2. The largest absolute Gasteiger partial charge is 0.274 e. The van der Waals surface area contributed by atoms with Gasteiger partial charge in [0.15, 0.2) is 0 Å². The second kappa shape index (κ2) is 22.2. The average molecular weight is 699 g/mol. The maximum Gasteiger partial charge on any atom is 0.261 e. The minimum Gasteiger partial charge on any atom is -0.274 e. The Kier molecular flexibility index (Phi) is 17.1. The van der Waals surface area contributed by atoms with E-state index < -0.39 is 23.6 Å². The van der Waals surface area contributed by atoms with Crippen molar-refractivity contribution in [1.29, 1.82) is 0 Å². The molecule has 2 heterocycles. The van der Waals surface area contributed by atoms with Crippen LogP contribution in [0, 0.1) is 47.4 Å². The lowest BCUT2D eigenvalue weighted by Crippen LogP contribution is -2.43. The number of carbonyl (C=O) groups excluding carboxylic acids is 4. The molecule has 2 aliphatic rings. The Morgan fingerprint density at radius 2 is 0.654 bits per heavy atom. The van der Waals surface area contributed by atoms with Crippen molar-refractivity contribution in [3.8, 4) is 47.4 Å². The van der Waals surface area contributed by atoms with Crippen LogP contribution in [-0.4, -0.2) is 46.5 Å². The van der Waals surface area contributed by atoms with Crippen LogP contribution in [0.2, 0.25) is 0 Å². The molecule has 0 saturated carbocycles. The van der Waals surface area contributed by atoms with Crippen molar-refractivity contribution in [2.24, 2.45) is 0 Å². The number of rotatable bonds is 20. The van der Waals surface area contributed by atoms with Gasteiger partial charge in [-0.1, -0.05) is 102 Å². The molecule has 2 aromatic rings. The van der Waals surface area contributed by atoms with E-state index in [2.05, 4.69) is 61.2 Å². The van der Waals surface area contributed by atoms with Crippen LogP contribution in [0.25, 0.3) is 10.8 Å². The number of unbranched alkanes of at least 4 members (excludes halogenated alkanes) is 16. The van der Waals surface area contributed by atoms with E-state index in [0.717, 1.165) is 38.5 Å². The van der Waals surface area contributed by atoms with Crippen molar-refractivity contribution in [3.63, 3.8) is 0 Å². The smallest absolute Gasteiger partial charge is 0.261 e. The molecular formula is C46H54N2O4. The van der Waals surface area contributed by atoms with E-state index in [1.807, 2.05) is 0 Å². The standard InChI is InChI=1S/C46H54N2O4/c1-3-5-7-9-11-13-15-17-19-21-23-25-27-29-35-47-43(49)37-31-33-39-42-40(34-32-38(41(37)42)44(47)50)46(52)48(45(39)51)36-30-28-26-24-22-20-18-16-14-12-10-8-6-4-2/h31-34H,3-16,25-30,35-36H2,1-2H3. The van der Waals surface area contributed by atoms with Crippen LogP contribution < -0.4 is 0 Å². The van der Waals surface area contributed by atoms with Crippen LogP contribution in [0.15, 0.2) is 24.3 Å². The number of imide groups is 2. The molecule has 0 N–H and O–H groups in total. The van der Waals surface area contributed by atoms with Gasteiger partial charge in [0, 0.05) is 71.8 Å². The third-order valence-electron chi connectivity index (χ3n) is 9.72. The molecule has 4 amide bonds. The van der Waals surface area contributed by atoms with Gasteiger partial charge in [0.05, 0.1) is 0 Å². The summed E-state index contributed by atoms with van der Waals surface area (Å²) in [5.41, 5.74) is 1.38. The maximum absolute atomic E-state index is 13.6. The van der Waals surface area contributed by atoms with E-state index in [1.165, 1.54) is 74.0 Å². The summed E-state index contributed by atoms with van der Waals surface area (Å²) >= 11 is 0.